The van der Waals surface area contributed by atoms with Gasteiger partial charge in [-0.15, -0.1) is 11.8 Å². The van der Waals surface area contributed by atoms with Crippen LogP contribution in [0.15, 0.2) is 47.4 Å². The van der Waals surface area contributed by atoms with Crippen LogP contribution in [0.2, 0.25) is 5.02 Å². The fourth-order valence-electron chi connectivity index (χ4n) is 2.68. The number of hydrogen-bond acceptors (Lipinski definition) is 2. The minimum Gasteiger partial charge on any atom is -0.349 e. The predicted octanol–water partition coefficient (Wildman–Crippen LogP) is 5.71. The molecule has 2 rings (SSSR count). The van der Waals surface area contributed by atoms with Crippen molar-refractivity contribution in [2.24, 2.45) is 0 Å². The molecular formula is C20H24ClNOS. The molecule has 0 aliphatic carbocycles. The molecule has 0 heterocycles. The third kappa shape index (κ3) is 5.57. The second-order valence-corrected chi connectivity index (χ2v) is 7.55. The van der Waals surface area contributed by atoms with Gasteiger partial charge in [0.25, 0.3) is 0 Å². The molecule has 128 valence electrons. The van der Waals surface area contributed by atoms with Crippen molar-refractivity contribution in [3.05, 3.63) is 64.2 Å². The van der Waals surface area contributed by atoms with E-state index >= 15 is 0 Å². The normalized spacial score (nSPS) is 12.0. The van der Waals surface area contributed by atoms with E-state index in [4.69, 9.17) is 11.6 Å². The number of hydrogen-bond donors (Lipinski definition) is 1. The minimum atomic E-state index is 0.0821. The van der Waals surface area contributed by atoms with E-state index in [9.17, 15) is 4.79 Å². The maximum absolute atomic E-state index is 12.3. The molecule has 2 nitrogen and oxygen atoms in total. The van der Waals surface area contributed by atoms with Gasteiger partial charge in [-0.05, 0) is 55.7 Å². The first-order valence-corrected chi connectivity index (χ1v) is 9.61. The fourth-order valence-corrected chi connectivity index (χ4v) is 3.65. The average molecular weight is 362 g/mol. The summed E-state index contributed by atoms with van der Waals surface area (Å²) in [5.41, 5.74) is 3.69. The van der Waals surface area contributed by atoms with E-state index in [1.807, 2.05) is 24.3 Å². The Bertz CT molecular complexity index is 685. The van der Waals surface area contributed by atoms with Gasteiger partial charge in [0.2, 0.25) is 5.91 Å². The molecule has 0 aliphatic heterocycles. The van der Waals surface area contributed by atoms with E-state index in [-0.39, 0.29) is 11.9 Å². The predicted molar refractivity (Wildman–Crippen MR) is 104 cm³/mol. The molecule has 0 fully saturated rings. The monoisotopic (exact) mass is 361 g/mol. The van der Waals surface area contributed by atoms with Crippen LogP contribution in [-0.2, 0) is 4.79 Å². The van der Waals surface area contributed by atoms with Gasteiger partial charge in [0.1, 0.15) is 0 Å². The van der Waals surface area contributed by atoms with Crippen molar-refractivity contribution in [1.82, 2.24) is 5.32 Å². The summed E-state index contributed by atoms with van der Waals surface area (Å²) < 4.78 is 0. The van der Waals surface area contributed by atoms with E-state index in [0.29, 0.717) is 6.42 Å². The molecule has 2 aromatic carbocycles. The maximum Gasteiger partial charge on any atom is 0.221 e. The van der Waals surface area contributed by atoms with E-state index in [1.165, 1.54) is 16.7 Å². The van der Waals surface area contributed by atoms with E-state index in [2.05, 4.69) is 44.3 Å². The molecule has 4 heteroatoms. The lowest BCUT2D eigenvalue weighted by atomic mass is 9.97. The van der Waals surface area contributed by atoms with E-state index in [0.717, 1.165) is 22.1 Å². The van der Waals surface area contributed by atoms with Gasteiger partial charge in [0.05, 0.1) is 6.04 Å². The SMILES string of the molecule is CCC(NC(=O)CCSc1ccc(Cl)cc1)c1ccc(C)cc1C. The lowest BCUT2D eigenvalue weighted by molar-refractivity contribution is -0.121. The Morgan fingerprint density at radius 2 is 1.88 bits per heavy atom. The lowest BCUT2D eigenvalue weighted by Crippen LogP contribution is -2.28. The number of benzene rings is 2. The van der Waals surface area contributed by atoms with Crippen molar-refractivity contribution < 1.29 is 4.79 Å². The van der Waals surface area contributed by atoms with Crippen molar-refractivity contribution in [1.29, 1.82) is 0 Å². The van der Waals surface area contributed by atoms with Gasteiger partial charge >= 0.3 is 0 Å². The zero-order chi connectivity index (χ0) is 17.5. The van der Waals surface area contributed by atoms with E-state index < -0.39 is 0 Å². The summed E-state index contributed by atoms with van der Waals surface area (Å²) >= 11 is 7.55. The van der Waals surface area contributed by atoms with Gasteiger partial charge < -0.3 is 5.32 Å². The first-order chi connectivity index (χ1) is 11.5. The molecule has 0 aliphatic rings. The number of rotatable bonds is 7. The number of thioether (sulfide) groups is 1. The summed E-state index contributed by atoms with van der Waals surface area (Å²) in [6.45, 7) is 6.30. The zero-order valence-electron chi connectivity index (χ0n) is 14.4. The molecule has 0 bridgehead atoms. The van der Waals surface area contributed by atoms with Crippen LogP contribution in [0.25, 0.3) is 0 Å². The minimum absolute atomic E-state index is 0.0821. The summed E-state index contributed by atoms with van der Waals surface area (Å²) in [4.78, 5) is 13.4. The van der Waals surface area contributed by atoms with Crippen LogP contribution in [0.5, 0.6) is 0 Å². The molecule has 24 heavy (non-hydrogen) atoms. The summed E-state index contributed by atoms with van der Waals surface area (Å²) in [5, 5.41) is 3.90. The molecule has 0 radical (unpaired) electrons. The topological polar surface area (TPSA) is 29.1 Å². The number of nitrogens with one attached hydrogen (secondary N) is 1. The van der Waals surface area contributed by atoms with Crippen molar-refractivity contribution in [2.45, 2.75) is 44.6 Å². The smallest absolute Gasteiger partial charge is 0.221 e. The van der Waals surface area contributed by atoms with Crippen molar-refractivity contribution in [2.75, 3.05) is 5.75 Å². The maximum atomic E-state index is 12.3. The Balaban J connectivity index is 1.86. The molecule has 1 atom stereocenters. The van der Waals surface area contributed by atoms with Crippen LogP contribution in [0.1, 0.15) is 42.5 Å². The first-order valence-electron chi connectivity index (χ1n) is 8.24. The highest BCUT2D eigenvalue weighted by Gasteiger charge is 2.14. The Kier molecular flexibility index (Phi) is 7.19. The summed E-state index contributed by atoms with van der Waals surface area (Å²) in [5.74, 6) is 0.861. The molecule has 0 saturated carbocycles. The third-order valence-corrected chi connectivity index (χ3v) is 5.22. The molecular weight excluding hydrogens is 338 g/mol. The molecule has 2 aromatic rings. The second kappa shape index (κ2) is 9.14. The van der Waals surface area contributed by atoms with Crippen LogP contribution < -0.4 is 5.32 Å². The standard InChI is InChI=1S/C20H24ClNOS/c1-4-19(18-10-5-14(2)13-15(18)3)22-20(23)11-12-24-17-8-6-16(21)7-9-17/h5-10,13,19H,4,11-12H2,1-3H3,(H,22,23). The van der Waals surface area contributed by atoms with Crippen LogP contribution in [0.3, 0.4) is 0 Å². The van der Waals surface area contributed by atoms with Gasteiger partial charge in [-0.1, -0.05) is 42.3 Å². The van der Waals surface area contributed by atoms with Gasteiger partial charge in [-0.2, -0.15) is 0 Å². The van der Waals surface area contributed by atoms with Crippen molar-refractivity contribution in [3.63, 3.8) is 0 Å². The Labute approximate surface area is 154 Å². The average Bonchev–Trinajstić information content (AvgIpc) is 2.55. The molecule has 1 unspecified atom stereocenters. The van der Waals surface area contributed by atoms with Gasteiger partial charge in [0, 0.05) is 22.1 Å². The molecule has 1 N–H and O–H groups in total. The van der Waals surface area contributed by atoms with Crippen molar-refractivity contribution >= 4 is 29.3 Å². The number of aryl methyl sites for hydroxylation is 2. The van der Waals surface area contributed by atoms with Crippen LogP contribution in [0.4, 0.5) is 0 Å². The lowest BCUT2D eigenvalue weighted by Gasteiger charge is -2.20. The Morgan fingerprint density at radius 1 is 1.17 bits per heavy atom. The second-order valence-electron chi connectivity index (χ2n) is 5.94. The number of halogens is 1. The van der Waals surface area contributed by atoms with E-state index in [1.54, 1.807) is 11.8 Å². The van der Waals surface area contributed by atoms with Crippen LogP contribution >= 0.6 is 23.4 Å². The number of carbonyl (C=O) groups excluding carboxylic acids is 1. The summed E-state index contributed by atoms with van der Waals surface area (Å²) in [7, 11) is 0. The third-order valence-electron chi connectivity index (χ3n) is 3.96. The molecule has 0 saturated heterocycles. The fraction of sp³-hybridized carbons (Fsp3) is 0.350. The van der Waals surface area contributed by atoms with Gasteiger partial charge in [-0.3, -0.25) is 4.79 Å². The molecule has 1 amide bonds. The van der Waals surface area contributed by atoms with Gasteiger partial charge in [0.15, 0.2) is 0 Å². The Morgan fingerprint density at radius 3 is 2.50 bits per heavy atom. The van der Waals surface area contributed by atoms with Crippen LogP contribution in [0, 0.1) is 13.8 Å². The summed E-state index contributed by atoms with van der Waals surface area (Å²) in [6, 6.07) is 14.2. The highest BCUT2D eigenvalue weighted by Crippen LogP contribution is 2.23. The van der Waals surface area contributed by atoms with Crippen molar-refractivity contribution in [3.8, 4) is 0 Å². The van der Waals surface area contributed by atoms with Gasteiger partial charge in [-0.25, -0.2) is 0 Å². The zero-order valence-corrected chi connectivity index (χ0v) is 16.0. The molecule has 0 spiro atoms. The Hall–Kier alpha value is -1.45. The van der Waals surface area contributed by atoms with Crippen LogP contribution in [-0.4, -0.2) is 11.7 Å². The first kappa shape index (κ1) is 18.9. The quantitative estimate of drug-likeness (QED) is 0.640. The highest BCUT2D eigenvalue weighted by atomic mass is 35.5. The number of carbonyl (C=O) groups is 1. The molecule has 0 aromatic heterocycles. The highest BCUT2D eigenvalue weighted by molar-refractivity contribution is 7.99. The number of amides is 1. The largest absolute Gasteiger partial charge is 0.349 e. The summed E-state index contributed by atoms with van der Waals surface area (Å²) in [6.07, 6.45) is 1.40.